The van der Waals surface area contributed by atoms with E-state index in [0.29, 0.717) is 11.6 Å². The van der Waals surface area contributed by atoms with Crippen molar-refractivity contribution >= 4 is 39.0 Å². The fraction of sp³-hybridized carbons (Fsp3) is 0.154. The van der Waals surface area contributed by atoms with Crippen molar-refractivity contribution in [2.24, 2.45) is 5.92 Å². The first-order valence-electron chi connectivity index (χ1n) is 10.3. The van der Waals surface area contributed by atoms with Crippen LogP contribution in [-0.4, -0.2) is 8.42 Å². The van der Waals surface area contributed by atoms with E-state index in [1.165, 1.54) is 27.8 Å². The number of hydrogen-bond donors (Lipinski definition) is 2. The second kappa shape index (κ2) is 7.96. The molecule has 5 rings (SSSR count). The molecule has 3 nitrogen and oxygen atoms in total. The molecule has 150 valence electrons. The number of nitrogens with one attached hydrogen (secondary N) is 1. The van der Waals surface area contributed by atoms with E-state index in [1.807, 2.05) is 24.3 Å². The highest BCUT2D eigenvalue weighted by atomic mass is 32.2. The Morgan fingerprint density at radius 2 is 1.80 bits per heavy atom. The van der Waals surface area contributed by atoms with E-state index in [2.05, 4.69) is 65.4 Å². The maximum Gasteiger partial charge on any atom is 0.222 e. The lowest BCUT2D eigenvalue weighted by Gasteiger charge is -2.31. The van der Waals surface area contributed by atoms with Gasteiger partial charge in [0.2, 0.25) is 10.9 Å². The number of hydrogen-bond acceptors (Lipinski definition) is 2. The molecular formula is C26H23NO2S. The number of allylic oxidation sites excluding steroid dienone is 5. The van der Waals surface area contributed by atoms with E-state index in [1.54, 1.807) is 0 Å². The first kappa shape index (κ1) is 18.9. The minimum Gasteiger partial charge on any atom is -0.285 e. The van der Waals surface area contributed by atoms with E-state index in [4.69, 9.17) is 0 Å². The van der Waals surface area contributed by atoms with Crippen LogP contribution in [0.4, 0.5) is 5.69 Å². The van der Waals surface area contributed by atoms with E-state index in [-0.39, 0.29) is 0 Å². The molecule has 0 saturated heterocycles. The highest BCUT2D eigenvalue weighted by Gasteiger charge is 2.27. The molecular weight excluding hydrogens is 390 g/mol. The van der Waals surface area contributed by atoms with Gasteiger partial charge < -0.3 is 0 Å². The van der Waals surface area contributed by atoms with Crippen LogP contribution < -0.4 is 4.72 Å². The summed E-state index contributed by atoms with van der Waals surface area (Å²) in [6, 6.07) is 20.5. The number of fused-ring (bicyclic) bond motifs is 4. The normalized spacial score (nSPS) is 18.1. The summed E-state index contributed by atoms with van der Waals surface area (Å²) in [5.74, 6) is 0.344. The molecule has 0 spiro atoms. The Morgan fingerprint density at radius 1 is 0.933 bits per heavy atom. The van der Waals surface area contributed by atoms with Crippen LogP contribution >= 0.6 is 0 Å². The highest BCUT2D eigenvalue weighted by Crippen LogP contribution is 2.44. The van der Waals surface area contributed by atoms with Crippen LogP contribution in [0.1, 0.15) is 29.5 Å². The molecule has 0 amide bonds. The van der Waals surface area contributed by atoms with Crippen molar-refractivity contribution in [2.45, 2.75) is 19.3 Å². The van der Waals surface area contributed by atoms with Crippen molar-refractivity contribution in [3.05, 3.63) is 101 Å². The molecule has 0 heterocycles. The van der Waals surface area contributed by atoms with E-state index < -0.39 is 10.9 Å². The molecule has 3 aromatic rings. The third-order valence-corrected chi connectivity index (χ3v) is 6.50. The number of rotatable bonds is 4. The Labute approximate surface area is 178 Å². The van der Waals surface area contributed by atoms with Gasteiger partial charge in [-0.1, -0.05) is 84.5 Å². The van der Waals surface area contributed by atoms with Gasteiger partial charge in [-0.05, 0) is 53.0 Å². The van der Waals surface area contributed by atoms with Crippen molar-refractivity contribution in [1.29, 1.82) is 0 Å². The smallest absolute Gasteiger partial charge is 0.222 e. The predicted molar refractivity (Wildman–Crippen MR) is 126 cm³/mol. The Kier molecular flexibility index (Phi) is 5.01. The average Bonchev–Trinajstić information content (AvgIpc) is 2.78. The van der Waals surface area contributed by atoms with Gasteiger partial charge in [0.05, 0.1) is 5.69 Å². The molecule has 0 radical (unpaired) electrons. The molecule has 0 aliphatic heterocycles. The Hall–Kier alpha value is -3.11. The van der Waals surface area contributed by atoms with Crippen molar-refractivity contribution in [3.63, 3.8) is 0 Å². The minimum absolute atomic E-state index is 0.344. The second-order valence-corrected chi connectivity index (χ2v) is 8.56. The van der Waals surface area contributed by atoms with Crippen LogP contribution in [0.5, 0.6) is 0 Å². The molecule has 1 unspecified atom stereocenters. The summed E-state index contributed by atoms with van der Waals surface area (Å²) in [6.07, 6.45) is 12.2. The van der Waals surface area contributed by atoms with Crippen molar-refractivity contribution < 1.29 is 8.42 Å². The first-order valence-corrected chi connectivity index (χ1v) is 11.5. The topological polar surface area (TPSA) is 46.2 Å². The van der Waals surface area contributed by atoms with Crippen LogP contribution in [-0.2, 0) is 17.3 Å². The summed E-state index contributed by atoms with van der Waals surface area (Å²) >= 11 is 0. The number of thiol groups is 1. The Bertz CT molecular complexity index is 1280. The standard InChI is InChI=1S/C26H23NO2S/c28-30(29)27-26-12-6-11-22-24(26)16-15-23-21-10-5-4-9-20(21)19(17-25(22)23)14-13-18-7-2-1-3-8-18/h1-3,5-8,10-16,19,30H,4,9,17H2,(H,27,28,29). The fourth-order valence-electron chi connectivity index (χ4n) is 4.74. The van der Waals surface area contributed by atoms with Crippen LogP contribution in [0.15, 0.2) is 84.5 Å². The molecule has 0 bridgehead atoms. The van der Waals surface area contributed by atoms with Crippen molar-refractivity contribution in [2.75, 3.05) is 4.72 Å². The quantitative estimate of drug-likeness (QED) is 0.534. The second-order valence-electron chi connectivity index (χ2n) is 7.82. The van der Waals surface area contributed by atoms with E-state index in [0.717, 1.165) is 30.0 Å². The van der Waals surface area contributed by atoms with Crippen LogP contribution in [0, 0.1) is 5.92 Å². The lowest BCUT2D eigenvalue weighted by Crippen LogP contribution is -2.16. The van der Waals surface area contributed by atoms with E-state index in [9.17, 15) is 8.42 Å². The van der Waals surface area contributed by atoms with Gasteiger partial charge in [-0.3, -0.25) is 4.72 Å². The molecule has 30 heavy (non-hydrogen) atoms. The van der Waals surface area contributed by atoms with Gasteiger partial charge in [-0.25, -0.2) is 8.42 Å². The Balaban J connectivity index is 1.64. The first-order chi connectivity index (χ1) is 14.7. The van der Waals surface area contributed by atoms with Gasteiger partial charge in [-0.15, -0.1) is 0 Å². The maximum atomic E-state index is 11.3. The van der Waals surface area contributed by atoms with Crippen LogP contribution in [0.25, 0.3) is 22.4 Å². The zero-order valence-electron chi connectivity index (χ0n) is 16.5. The summed E-state index contributed by atoms with van der Waals surface area (Å²) in [6.45, 7) is 0. The summed E-state index contributed by atoms with van der Waals surface area (Å²) in [7, 11) is -2.70. The fourth-order valence-corrected chi connectivity index (χ4v) is 5.13. The lowest BCUT2D eigenvalue weighted by atomic mass is 9.73. The SMILES string of the molecule is O=[SH](=O)Nc1cccc2c3c(ccc12)C1=C(CCC=C1)C(C=Cc1ccccc1)C3. The molecule has 4 heteroatoms. The molecule has 2 aliphatic rings. The monoisotopic (exact) mass is 413 g/mol. The lowest BCUT2D eigenvalue weighted by molar-refractivity contribution is 0.619. The molecule has 2 aliphatic carbocycles. The highest BCUT2D eigenvalue weighted by molar-refractivity contribution is 7.73. The summed E-state index contributed by atoms with van der Waals surface area (Å²) in [5, 5.41) is 2.07. The van der Waals surface area contributed by atoms with E-state index >= 15 is 0 Å². The zero-order valence-corrected chi connectivity index (χ0v) is 17.4. The summed E-state index contributed by atoms with van der Waals surface area (Å²) in [4.78, 5) is 0. The van der Waals surface area contributed by atoms with Crippen LogP contribution in [0.3, 0.4) is 0 Å². The molecule has 0 aromatic heterocycles. The summed E-state index contributed by atoms with van der Waals surface area (Å²) in [5.41, 5.74) is 7.27. The molecule has 1 atom stereocenters. The van der Waals surface area contributed by atoms with Gasteiger partial charge >= 0.3 is 0 Å². The van der Waals surface area contributed by atoms with Gasteiger partial charge in [-0.2, -0.15) is 0 Å². The third-order valence-electron chi connectivity index (χ3n) is 6.08. The summed E-state index contributed by atoms with van der Waals surface area (Å²) < 4.78 is 25.1. The van der Waals surface area contributed by atoms with Gasteiger partial charge in [0.25, 0.3) is 0 Å². The van der Waals surface area contributed by atoms with Gasteiger partial charge in [0.15, 0.2) is 0 Å². The molecule has 0 saturated carbocycles. The van der Waals surface area contributed by atoms with Gasteiger partial charge in [0.1, 0.15) is 0 Å². The average molecular weight is 414 g/mol. The molecule has 3 aromatic carbocycles. The third kappa shape index (κ3) is 3.48. The number of benzene rings is 3. The molecule has 1 N–H and O–H groups in total. The van der Waals surface area contributed by atoms with Crippen LogP contribution in [0.2, 0.25) is 0 Å². The minimum atomic E-state index is -2.70. The maximum absolute atomic E-state index is 11.3. The largest absolute Gasteiger partial charge is 0.285 e. The van der Waals surface area contributed by atoms with Crippen molar-refractivity contribution in [3.8, 4) is 0 Å². The predicted octanol–water partition coefficient (Wildman–Crippen LogP) is 5.77. The molecule has 0 fully saturated rings. The van der Waals surface area contributed by atoms with Crippen molar-refractivity contribution in [1.82, 2.24) is 0 Å². The zero-order chi connectivity index (χ0) is 20.5. The Morgan fingerprint density at radius 3 is 2.63 bits per heavy atom. The number of anilines is 1. The van der Waals surface area contributed by atoms with Gasteiger partial charge in [0, 0.05) is 11.3 Å².